The zero-order chi connectivity index (χ0) is 18.7. The Bertz CT molecular complexity index is 859. The Kier molecular flexibility index (Phi) is 5.02. The molecule has 1 heterocycles. The molecule has 0 saturated carbocycles. The van der Waals surface area contributed by atoms with Crippen molar-refractivity contribution in [3.63, 3.8) is 0 Å². The second-order valence-corrected chi connectivity index (χ2v) is 6.26. The third-order valence-electron chi connectivity index (χ3n) is 4.28. The fourth-order valence-electron chi connectivity index (χ4n) is 2.68. The van der Waals surface area contributed by atoms with E-state index in [1.807, 2.05) is 31.2 Å². The molecule has 0 saturated heterocycles. The van der Waals surface area contributed by atoms with Gasteiger partial charge in [0, 0.05) is 31.1 Å². The van der Waals surface area contributed by atoms with Gasteiger partial charge in [0.15, 0.2) is 12.4 Å². The quantitative estimate of drug-likeness (QED) is 0.840. The molecule has 0 aromatic heterocycles. The summed E-state index contributed by atoms with van der Waals surface area (Å²) in [7, 11) is 1.65. The molecule has 0 bridgehead atoms. The third-order valence-corrected chi connectivity index (χ3v) is 4.28. The number of amides is 2. The molecule has 2 aromatic rings. The van der Waals surface area contributed by atoms with Crippen molar-refractivity contribution in [3.8, 4) is 5.75 Å². The number of ketones is 1. The van der Waals surface area contributed by atoms with Gasteiger partial charge in [-0.15, -0.1) is 0 Å². The monoisotopic (exact) mass is 352 g/mol. The van der Waals surface area contributed by atoms with E-state index in [1.165, 1.54) is 4.90 Å². The number of Topliss-reactive ketones (excluding diaryl/α,β-unsaturated/α-hetero) is 1. The number of carbonyl (C=O) groups is 3. The summed E-state index contributed by atoms with van der Waals surface area (Å²) in [6, 6.07) is 12.4. The lowest BCUT2D eigenvalue weighted by atomic mass is 10.0. The van der Waals surface area contributed by atoms with Crippen molar-refractivity contribution >= 4 is 29.0 Å². The van der Waals surface area contributed by atoms with Gasteiger partial charge >= 0.3 is 0 Å². The van der Waals surface area contributed by atoms with Gasteiger partial charge in [0.2, 0.25) is 5.91 Å². The third kappa shape index (κ3) is 3.91. The molecule has 6 heteroatoms. The van der Waals surface area contributed by atoms with Crippen LogP contribution in [-0.2, 0) is 9.59 Å². The highest BCUT2D eigenvalue weighted by Crippen LogP contribution is 2.32. The van der Waals surface area contributed by atoms with Crippen molar-refractivity contribution in [1.82, 2.24) is 0 Å². The highest BCUT2D eigenvalue weighted by atomic mass is 16.5. The second-order valence-electron chi connectivity index (χ2n) is 6.26. The molecule has 0 aliphatic carbocycles. The summed E-state index contributed by atoms with van der Waals surface area (Å²) in [5.74, 6) is 0.0365. The van der Waals surface area contributed by atoms with Crippen LogP contribution in [0, 0.1) is 6.92 Å². The maximum absolute atomic E-state index is 12.4. The molecule has 0 unspecified atom stereocenters. The van der Waals surface area contributed by atoms with Crippen molar-refractivity contribution in [2.45, 2.75) is 19.8 Å². The van der Waals surface area contributed by atoms with E-state index in [0.717, 1.165) is 5.56 Å². The Morgan fingerprint density at radius 2 is 1.85 bits per heavy atom. The van der Waals surface area contributed by atoms with E-state index in [0.29, 0.717) is 22.7 Å². The SMILES string of the molecule is Cc1ccc(NC(=O)CCC(=O)c2ccc3c(c2)N(C)C(=O)CO3)cc1. The summed E-state index contributed by atoms with van der Waals surface area (Å²) in [6.07, 6.45) is 0.185. The summed E-state index contributed by atoms with van der Waals surface area (Å²) < 4.78 is 5.35. The Morgan fingerprint density at radius 1 is 1.12 bits per heavy atom. The van der Waals surface area contributed by atoms with Crippen LogP contribution in [0.1, 0.15) is 28.8 Å². The number of anilines is 2. The fourth-order valence-corrected chi connectivity index (χ4v) is 2.68. The average Bonchev–Trinajstić information content (AvgIpc) is 2.64. The Hall–Kier alpha value is -3.15. The van der Waals surface area contributed by atoms with Crippen molar-refractivity contribution < 1.29 is 19.1 Å². The Balaban J connectivity index is 1.60. The minimum absolute atomic E-state index is 0.00399. The normalized spacial score (nSPS) is 13.0. The van der Waals surface area contributed by atoms with Crippen molar-refractivity contribution in [2.75, 3.05) is 23.9 Å². The van der Waals surface area contributed by atoms with Gasteiger partial charge in [0.05, 0.1) is 5.69 Å². The van der Waals surface area contributed by atoms with Gasteiger partial charge in [-0.25, -0.2) is 0 Å². The van der Waals surface area contributed by atoms with Crippen LogP contribution >= 0.6 is 0 Å². The summed E-state index contributed by atoms with van der Waals surface area (Å²) in [6.45, 7) is 1.97. The zero-order valence-corrected chi connectivity index (χ0v) is 14.7. The van der Waals surface area contributed by atoms with E-state index < -0.39 is 0 Å². The van der Waals surface area contributed by atoms with E-state index in [-0.39, 0.29) is 37.0 Å². The number of likely N-dealkylation sites (N-methyl/N-ethyl adjacent to an activating group) is 1. The van der Waals surface area contributed by atoms with Crippen LogP contribution in [0.4, 0.5) is 11.4 Å². The van der Waals surface area contributed by atoms with E-state index in [9.17, 15) is 14.4 Å². The second kappa shape index (κ2) is 7.39. The van der Waals surface area contributed by atoms with E-state index in [1.54, 1.807) is 25.2 Å². The van der Waals surface area contributed by atoms with Crippen LogP contribution in [-0.4, -0.2) is 31.3 Å². The predicted molar refractivity (Wildman–Crippen MR) is 98.7 cm³/mol. The van der Waals surface area contributed by atoms with Crippen LogP contribution in [0.2, 0.25) is 0 Å². The molecule has 1 aliphatic heterocycles. The predicted octanol–water partition coefficient (Wildman–Crippen LogP) is 2.95. The van der Waals surface area contributed by atoms with E-state index in [4.69, 9.17) is 4.74 Å². The van der Waals surface area contributed by atoms with E-state index in [2.05, 4.69) is 5.32 Å². The van der Waals surface area contributed by atoms with Crippen LogP contribution in [0.15, 0.2) is 42.5 Å². The van der Waals surface area contributed by atoms with Gasteiger partial charge in [0.25, 0.3) is 5.91 Å². The number of hydrogen-bond donors (Lipinski definition) is 1. The highest BCUT2D eigenvalue weighted by molar-refractivity contribution is 6.03. The Morgan fingerprint density at radius 3 is 2.58 bits per heavy atom. The van der Waals surface area contributed by atoms with Crippen LogP contribution < -0.4 is 15.0 Å². The number of carbonyl (C=O) groups excluding carboxylic acids is 3. The lowest BCUT2D eigenvalue weighted by Gasteiger charge is -2.26. The first kappa shape index (κ1) is 17.7. The first-order valence-corrected chi connectivity index (χ1v) is 8.37. The van der Waals surface area contributed by atoms with Crippen molar-refractivity contribution in [2.24, 2.45) is 0 Å². The topological polar surface area (TPSA) is 75.7 Å². The number of hydrogen-bond acceptors (Lipinski definition) is 4. The number of ether oxygens (including phenoxy) is 1. The number of nitrogens with one attached hydrogen (secondary N) is 1. The Labute approximate surface area is 151 Å². The van der Waals surface area contributed by atoms with Gasteiger partial charge in [-0.2, -0.15) is 0 Å². The summed E-state index contributed by atoms with van der Waals surface area (Å²) >= 11 is 0. The summed E-state index contributed by atoms with van der Waals surface area (Å²) in [5.41, 5.74) is 2.84. The molecule has 0 spiro atoms. The fraction of sp³-hybridized carbons (Fsp3) is 0.250. The maximum atomic E-state index is 12.4. The van der Waals surface area contributed by atoms with Crippen molar-refractivity contribution in [3.05, 3.63) is 53.6 Å². The van der Waals surface area contributed by atoms with Gasteiger partial charge in [0.1, 0.15) is 5.75 Å². The van der Waals surface area contributed by atoms with Crippen LogP contribution in [0.5, 0.6) is 5.75 Å². The molecule has 0 fully saturated rings. The molecule has 0 atom stereocenters. The smallest absolute Gasteiger partial charge is 0.264 e. The minimum Gasteiger partial charge on any atom is -0.482 e. The number of fused-ring (bicyclic) bond motifs is 1. The van der Waals surface area contributed by atoms with E-state index >= 15 is 0 Å². The molecule has 1 aliphatic rings. The number of aryl methyl sites for hydroxylation is 1. The highest BCUT2D eigenvalue weighted by Gasteiger charge is 2.23. The van der Waals surface area contributed by atoms with Crippen LogP contribution in [0.3, 0.4) is 0 Å². The molecule has 26 heavy (non-hydrogen) atoms. The molecule has 0 radical (unpaired) electrons. The average molecular weight is 352 g/mol. The minimum atomic E-state index is -0.212. The van der Waals surface area contributed by atoms with Gasteiger partial charge < -0.3 is 15.0 Å². The molecule has 6 nitrogen and oxygen atoms in total. The molecule has 1 N–H and O–H groups in total. The zero-order valence-electron chi connectivity index (χ0n) is 14.7. The summed E-state index contributed by atoms with van der Waals surface area (Å²) in [5, 5.41) is 2.77. The maximum Gasteiger partial charge on any atom is 0.264 e. The molecule has 2 amide bonds. The molecule has 3 rings (SSSR count). The largest absolute Gasteiger partial charge is 0.482 e. The van der Waals surface area contributed by atoms with Gasteiger partial charge in [-0.1, -0.05) is 17.7 Å². The molecule has 134 valence electrons. The first-order chi connectivity index (χ1) is 12.4. The lowest BCUT2D eigenvalue weighted by molar-refractivity contribution is -0.121. The molecular formula is C20H20N2O4. The molecular weight excluding hydrogens is 332 g/mol. The number of rotatable bonds is 5. The summed E-state index contributed by atoms with van der Waals surface area (Å²) in [4.78, 5) is 37.6. The number of benzene rings is 2. The standard InChI is InChI=1S/C20H20N2O4/c1-13-3-6-15(7-4-13)21-19(24)10-8-17(23)14-5-9-18-16(11-14)22(2)20(25)12-26-18/h3-7,9,11H,8,10,12H2,1-2H3,(H,21,24). The van der Waals surface area contributed by atoms with Gasteiger partial charge in [-0.3, -0.25) is 14.4 Å². The van der Waals surface area contributed by atoms with Gasteiger partial charge in [-0.05, 0) is 37.3 Å². The number of nitrogens with zero attached hydrogens (tertiary/aromatic N) is 1. The van der Waals surface area contributed by atoms with Crippen molar-refractivity contribution in [1.29, 1.82) is 0 Å². The lowest BCUT2D eigenvalue weighted by Crippen LogP contribution is -2.35. The first-order valence-electron chi connectivity index (χ1n) is 8.37. The molecule has 2 aromatic carbocycles. The van der Waals surface area contributed by atoms with Crippen LogP contribution in [0.25, 0.3) is 0 Å².